The van der Waals surface area contributed by atoms with Crippen LogP contribution in [0.5, 0.6) is 11.5 Å². The summed E-state index contributed by atoms with van der Waals surface area (Å²) in [5, 5.41) is 10.0. The number of methoxy groups -OCH3 is 2. The second-order valence-corrected chi connectivity index (χ2v) is 21.5. The van der Waals surface area contributed by atoms with Gasteiger partial charge in [0, 0.05) is 18.2 Å². The molecule has 0 bridgehead atoms. The molecule has 1 aliphatic heterocycles. The molecule has 56 heavy (non-hydrogen) atoms. The van der Waals surface area contributed by atoms with Crippen molar-refractivity contribution in [2.45, 2.75) is 82.4 Å². The van der Waals surface area contributed by atoms with Gasteiger partial charge in [0.15, 0.2) is 22.9 Å². The molecule has 0 spiro atoms. The summed E-state index contributed by atoms with van der Waals surface area (Å²) in [5.74, 6) is 1.47. The van der Waals surface area contributed by atoms with E-state index in [9.17, 15) is 5.26 Å². The Morgan fingerprint density at radius 1 is 0.857 bits per heavy atom. The molecular weight excluding hydrogens is 744 g/mol. The lowest BCUT2D eigenvalue weighted by atomic mass is 9.80. The normalized spacial score (nSPS) is 19.5. The molecule has 3 heterocycles. The number of aryl methyl sites for hydroxylation is 1. The number of hydrogen-bond donors (Lipinski definition) is 0. The van der Waals surface area contributed by atoms with E-state index in [1.807, 2.05) is 97.1 Å². The molecule has 5 aromatic rings. The van der Waals surface area contributed by atoms with Crippen LogP contribution < -0.4 is 9.47 Å². The standard InChI is InChI=1S/C43H53N4O7PSi/c1-30-36-24-26-47(40(36)46-29-45-30)41-39(53-55(7)51-27-13-25-44)38(54-56(8,9)42(2,3)4)37(52-41)28-50-43(31-14-11-10-12-15-31,32-16-20-34(48-5)21-17-32)33-18-22-35(49-6)23-19-33/h10-12,14-24,26,29,37-39,41H,13,27-28H2,1-9H3/t37-,38-,39-,41-,55?/m1/s1. The molecule has 0 amide bonds. The van der Waals surface area contributed by atoms with Gasteiger partial charge >= 0.3 is 0 Å². The maximum atomic E-state index is 9.22. The number of nitrogens with zero attached hydrogens (tertiary/aromatic N) is 4. The Morgan fingerprint density at radius 2 is 1.46 bits per heavy atom. The Labute approximate surface area is 332 Å². The molecular formula is C43H53N4O7PSi. The van der Waals surface area contributed by atoms with E-state index in [4.69, 9.17) is 32.4 Å². The van der Waals surface area contributed by atoms with E-state index in [-0.39, 0.29) is 24.7 Å². The molecule has 0 radical (unpaired) electrons. The summed E-state index contributed by atoms with van der Waals surface area (Å²) in [4.78, 5) is 9.12. The summed E-state index contributed by atoms with van der Waals surface area (Å²) < 4.78 is 48.0. The van der Waals surface area contributed by atoms with Gasteiger partial charge in [0.2, 0.25) is 0 Å². The maximum absolute atomic E-state index is 9.22. The van der Waals surface area contributed by atoms with Crippen molar-refractivity contribution in [1.82, 2.24) is 14.5 Å². The van der Waals surface area contributed by atoms with Crippen LogP contribution >= 0.6 is 8.38 Å². The van der Waals surface area contributed by atoms with E-state index >= 15 is 0 Å². The summed E-state index contributed by atoms with van der Waals surface area (Å²) in [5.41, 5.74) is 3.26. The van der Waals surface area contributed by atoms with Gasteiger partial charge in [-0.1, -0.05) is 75.4 Å². The maximum Gasteiger partial charge on any atom is 0.192 e. The van der Waals surface area contributed by atoms with E-state index < -0.39 is 46.8 Å². The van der Waals surface area contributed by atoms with Crippen LogP contribution in [0, 0.1) is 18.3 Å². The topological polar surface area (TPSA) is 119 Å². The van der Waals surface area contributed by atoms with Crippen molar-refractivity contribution in [3.8, 4) is 17.6 Å². The third-order valence-corrected chi connectivity index (χ3v) is 16.5. The smallest absolute Gasteiger partial charge is 0.192 e. The molecule has 1 saturated heterocycles. The highest BCUT2D eigenvalue weighted by atomic mass is 31.2. The minimum Gasteiger partial charge on any atom is -0.497 e. The number of hydrogen-bond acceptors (Lipinski definition) is 10. The second-order valence-electron chi connectivity index (χ2n) is 15.4. The summed E-state index contributed by atoms with van der Waals surface area (Å²) >= 11 is 0. The molecule has 0 saturated carbocycles. The van der Waals surface area contributed by atoms with Crippen molar-refractivity contribution >= 4 is 27.7 Å². The van der Waals surface area contributed by atoms with Crippen molar-refractivity contribution in [3.05, 3.63) is 120 Å². The Kier molecular flexibility index (Phi) is 13.0. The average Bonchev–Trinajstić information content (AvgIpc) is 3.77. The second kappa shape index (κ2) is 17.5. The lowest BCUT2D eigenvalue weighted by molar-refractivity contribution is -0.0925. The molecule has 3 aromatic carbocycles. The third-order valence-electron chi connectivity index (χ3n) is 10.9. The number of nitriles is 1. The first-order valence-electron chi connectivity index (χ1n) is 18.8. The first-order chi connectivity index (χ1) is 26.8. The Bertz CT molecular complexity index is 2040. The summed E-state index contributed by atoms with van der Waals surface area (Å²) in [7, 11) is -0.564. The van der Waals surface area contributed by atoms with Crippen LogP contribution in [0.1, 0.15) is 55.8 Å². The van der Waals surface area contributed by atoms with Crippen molar-refractivity contribution in [1.29, 1.82) is 5.26 Å². The van der Waals surface area contributed by atoms with Crippen molar-refractivity contribution in [2.75, 3.05) is 34.1 Å². The van der Waals surface area contributed by atoms with Crippen molar-refractivity contribution in [3.63, 3.8) is 0 Å². The molecule has 5 atom stereocenters. The number of aromatic nitrogens is 3. The van der Waals surface area contributed by atoms with Gasteiger partial charge in [-0.15, -0.1) is 0 Å². The van der Waals surface area contributed by atoms with Gasteiger partial charge in [-0.3, -0.25) is 0 Å². The van der Waals surface area contributed by atoms with Gasteiger partial charge in [0.05, 0.1) is 45.6 Å². The average molecular weight is 797 g/mol. The van der Waals surface area contributed by atoms with Crippen LogP contribution in [0.4, 0.5) is 0 Å². The van der Waals surface area contributed by atoms with Gasteiger partial charge in [-0.05, 0) is 72.1 Å². The van der Waals surface area contributed by atoms with E-state index in [1.165, 1.54) is 0 Å². The van der Waals surface area contributed by atoms with Gasteiger partial charge in [-0.25, -0.2) is 9.97 Å². The minimum atomic E-state index is -2.46. The van der Waals surface area contributed by atoms with Gasteiger partial charge in [-0.2, -0.15) is 5.26 Å². The fourth-order valence-electron chi connectivity index (χ4n) is 6.84. The van der Waals surface area contributed by atoms with E-state index in [0.717, 1.165) is 44.9 Å². The Balaban J connectivity index is 1.49. The van der Waals surface area contributed by atoms with Crippen LogP contribution in [0.3, 0.4) is 0 Å². The van der Waals surface area contributed by atoms with E-state index in [2.05, 4.69) is 62.0 Å². The lowest BCUT2D eigenvalue weighted by Gasteiger charge is -2.41. The highest BCUT2D eigenvalue weighted by Crippen LogP contribution is 2.49. The number of rotatable bonds is 16. The predicted octanol–water partition coefficient (Wildman–Crippen LogP) is 9.31. The number of fused-ring (bicyclic) bond motifs is 1. The largest absolute Gasteiger partial charge is 0.497 e. The van der Waals surface area contributed by atoms with Crippen molar-refractivity contribution < 1.29 is 32.4 Å². The molecule has 1 aliphatic rings. The zero-order valence-electron chi connectivity index (χ0n) is 33.8. The van der Waals surface area contributed by atoms with Crippen LogP contribution in [0.15, 0.2) is 97.5 Å². The number of ether oxygens (including phenoxy) is 4. The van der Waals surface area contributed by atoms with Crippen LogP contribution in [-0.2, 0) is 28.5 Å². The molecule has 2 aromatic heterocycles. The predicted molar refractivity (Wildman–Crippen MR) is 220 cm³/mol. The zero-order chi connectivity index (χ0) is 40.1. The van der Waals surface area contributed by atoms with E-state index in [0.29, 0.717) is 0 Å². The monoisotopic (exact) mass is 796 g/mol. The first kappa shape index (κ1) is 41.5. The summed E-state index contributed by atoms with van der Waals surface area (Å²) in [6.45, 7) is 15.4. The SMILES string of the molecule is COc1ccc(C(OC[C@H]2O[C@@H](n3ccc4c(C)ncnc43)[C@H](OP(C)OCCC#N)[C@@H]2O[Si](C)(C)C(C)(C)C)(c2ccccc2)c2ccc(OC)cc2)cc1. The van der Waals surface area contributed by atoms with Crippen LogP contribution in [0.2, 0.25) is 18.1 Å². The number of benzene rings is 3. The molecule has 6 rings (SSSR count). The third kappa shape index (κ3) is 8.55. The Hall–Kier alpha value is -4.18. The molecule has 1 unspecified atom stereocenters. The molecule has 13 heteroatoms. The fraction of sp³-hybridized carbons (Fsp3) is 0.419. The highest BCUT2D eigenvalue weighted by molar-refractivity contribution is 7.46. The fourth-order valence-corrected chi connectivity index (χ4v) is 9.14. The van der Waals surface area contributed by atoms with Crippen LogP contribution in [-0.4, -0.2) is 75.3 Å². The minimum absolute atomic E-state index is 0.119. The van der Waals surface area contributed by atoms with E-state index in [1.54, 1.807) is 20.5 Å². The van der Waals surface area contributed by atoms with Crippen LogP contribution in [0.25, 0.3) is 11.0 Å². The first-order valence-corrected chi connectivity index (χ1v) is 23.4. The van der Waals surface area contributed by atoms with Gasteiger partial charge in [0.1, 0.15) is 47.4 Å². The molecule has 1 fully saturated rings. The quantitative estimate of drug-likeness (QED) is 0.0414. The Morgan fingerprint density at radius 3 is 2.04 bits per heavy atom. The van der Waals surface area contributed by atoms with Gasteiger partial charge < -0.3 is 37.0 Å². The molecule has 296 valence electrons. The molecule has 0 aliphatic carbocycles. The zero-order valence-corrected chi connectivity index (χ0v) is 35.7. The summed E-state index contributed by atoms with van der Waals surface area (Å²) in [6.07, 6.45) is 1.37. The highest BCUT2D eigenvalue weighted by Gasteiger charge is 2.53. The molecule has 11 nitrogen and oxygen atoms in total. The molecule has 0 N–H and O–H groups in total. The summed E-state index contributed by atoms with van der Waals surface area (Å²) in [6, 6.07) is 30.3. The lowest BCUT2D eigenvalue weighted by Crippen LogP contribution is -2.50. The van der Waals surface area contributed by atoms with Gasteiger partial charge in [0.25, 0.3) is 0 Å². The van der Waals surface area contributed by atoms with Crippen molar-refractivity contribution in [2.24, 2.45) is 0 Å².